The summed E-state index contributed by atoms with van der Waals surface area (Å²) in [5.74, 6) is -0.576. The first-order chi connectivity index (χ1) is 10.0. The van der Waals surface area contributed by atoms with Gasteiger partial charge in [0, 0.05) is 17.9 Å². The zero-order chi connectivity index (χ0) is 15.7. The molecule has 1 aromatic rings. The van der Waals surface area contributed by atoms with Gasteiger partial charge in [0.2, 0.25) is 0 Å². The van der Waals surface area contributed by atoms with E-state index in [2.05, 4.69) is 4.74 Å². The minimum Gasteiger partial charge on any atom is -0.466 e. The fourth-order valence-electron chi connectivity index (χ4n) is 1.97. The van der Waals surface area contributed by atoms with E-state index in [4.69, 9.17) is 4.74 Å². The van der Waals surface area contributed by atoms with Crippen molar-refractivity contribution in [3.8, 4) is 0 Å². The second kappa shape index (κ2) is 9.32. The van der Waals surface area contributed by atoms with Gasteiger partial charge in [-0.2, -0.15) is 0 Å². The minimum atomic E-state index is -0.568. The van der Waals surface area contributed by atoms with Crippen LogP contribution in [0.25, 0.3) is 0 Å². The Balaban J connectivity index is 2.35. The second-order valence-corrected chi connectivity index (χ2v) is 5.21. The number of carbonyl (C=O) groups excluding carboxylic acids is 1. The molecular formula is C17H24O4. The van der Waals surface area contributed by atoms with Gasteiger partial charge in [-0.15, -0.1) is 0 Å². The van der Waals surface area contributed by atoms with Crippen LogP contribution in [0.1, 0.15) is 19.4 Å². The Hall–Kier alpha value is -1.65. The molecule has 0 fully saturated rings. The van der Waals surface area contributed by atoms with Crippen LogP contribution < -0.4 is 0 Å². The summed E-state index contributed by atoms with van der Waals surface area (Å²) in [5, 5.41) is 10.2. The molecule has 3 atom stereocenters. The van der Waals surface area contributed by atoms with Crippen molar-refractivity contribution in [2.45, 2.75) is 26.6 Å². The van der Waals surface area contributed by atoms with E-state index < -0.39 is 12.1 Å². The summed E-state index contributed by atoms with van der Waals surface area (Å²) in [6.45, 7) is 4.78. The molecule has 0 bridgehead atoms. The molecule has 0 heterocycles. The third kappa shape index (κ3) is 6.56. The first-order valence-electron chi connectivity index (χ1n) is 7.10. The topological polar surface area (TPSA) is 55.8 Å². The molecule has 1 rings (SSSR count). The van der Waals surface area contributed by atoms with E-state index in [9.17, 15) is 9.90 Å². The molecule has 0 spiro atoms. The van der Waals surface area contributed by atoms with Crippen molar-refractivity contribution in [2.24, 2.45) is 11.8 Å². The normalized spacial score (nSPS) is 15.6. The van der Waals surface area contributed by atoms with Crippen LogP contribution in [0, 0.1) is 11.8 Å². The fraction of sp³-hybridized carbons (Fsp3) is 0.471. The molecule has 1 N–H and O–H groups in total. The van der Waals surface area contributed by atoms with Gasteiger partial charge in [-0.25, -0.2) is 4.79 Å². The van der Waals surface area contributed by atoms with Crippen molar-refractivity contribution in [3.63, 3.8) is 0 Å². The zero-order valence-corrected chi connectivity index (χ0v) is 12.9. The lowest BCUT2D eigenvalue weighted by atomic mass is 9.93. The SMILES string of the molecule is COC(=O)/C=C/[C@H](C)[C@@H](O)[C@H](C)COCc1ccccc1. The highest BCUT2D eigenvalue weighted by Gasteiger charge is 2.19. The molecule has 4 nitrogen and oxygen atoms in total. The number of methoxy groups -OCH3 is 1. The Morgan fingerprint density at radius 1 is 1.29 bits per heavy atom. The molecule has 0 aliphatic rings. The van der Waals surface area contributed by atoms with Crippen molar-refractivity contribution in [1.29, 1.82) is 0 Å². The molecule has 0 amide bonds. The lowest BCUT2D eigenvalue weighted by molar-refractivity contribution is -0.134. The van der Waals surface area contributed by atoms with E-state index >= 15 is 0 Å². The molecule has 116 valence electrons. The smallest absolute Gasteiger partial charge is 0.330 e. The van der Waals surface area contributed by atoms with Gasteiger partial charge in [0.1, 0.15) is 0 Å². The molecule has 0 aromatic heterocycles. The highest BCUT2D eigenvalue weighted by molar-refractivity contribution is 5.81. The fourth-order valence-corrected chi connectivity index (χ4v) is 1.97. The maximum atomic E-state index is 11.0. The standard InChI is InChI=1S/C17H24O4/c1-13(9-10-16(18)20-3)17(19)14(2)11-21-12-15-7-5-4-6-8-15/h4-10,13-14,17,19H,11-12H2,1-3H3/b10-9+/t13-,14+,17+/m0/s1. The molecule has 0 saturated heterocycles. The number of esters is 1. The van der Waals surface area contributed by atoms with E-state index in [-0.39, 0.29) is 11.8 Å². The van der Waals surface area contributed by atoms with E-state index in [1.54, 1.807) is 6.08 Å². The van der Waals surface area contributed by atoms with Crippen LogP contribution in [-0.4, -0.2) is 30.9 Å². The van der Waals surface area contributed by atoms with Crippen molar-refractivity contribution in [3.05, 3.63) is 48.0 Å². The predicted molar refractivity (Wildman–Crippen MR) is 81.6 cm³/mol. The molecule has 0 aliphatic heterocycles. The monoisotopic (exact) mass is 292 g/mol. The Morgan fingerprint density at radius 3 is 2.57 bits per heavy atom. The Labute approximate surface area is 126 Å². The quantitative estimate of drug-likeness (QED) is 0.591. The van der Waals surface area contributed by atoms with Gasteiger partial charge in [0.25, 0.3) is 0 Å². The molecule has 21 heavy (non-hydrogen) atoms. The van der Waals surface area contributed by atoms with Gasteiger partial charge in [0.15, 0.2) is 0 Å². The highest BCUT2D eigenvalue weighted by atomic mass is 16.5. The molecule has 0 aliphatic carbocycles. The highest BCUT2D eigenvalue weighted by Crippen LogP contribution is 2.15. The average molecular weight is 292 g/mol. The number of benzene rings is 1. The molecule has 0 unspecified atom stereocenters. The van der Waals surface area contributed by atoms with Gasteiger partial charge in [-0.3, -0.25) is 0 Å². The Kier molecular flexibility index (Phi) is 7.72. The van der Waals surface area contributed by atoms with E-state index in [1.807, 2.05) is 44.2 Å². The second-order valence-electron chi connectivity index (χ2n) is 5.21. The van der Waals surface area contributed by atoms with Crippen molar-refractivity contribution < 1.29 is 19.4 Å². The Morgan fingerprint density at radius 2 is 1.95 bits per heavy atom. The number of hydrogen-bond acceptors (Lipinski definition) is 4. The van der Waals surface area contributed by atoms with Crippen LogP contribution in [0.15, 0.2) is 42.5 Å². The summed E-state index contributed by atoms with van der Waals surface area (Å²) in [5.41, 5.74) is 1.11. The van der Waals surface area contributed by atoms with Gasteiger partial charge in [-0.1, -0.05) is 50.3 Å². The van der Waals surface area contributed by atoms with Gasteiger partial charge >= 0.3 is 5.97 Å². The van der Waals surface area contributed by atoms with Crippen molar-refractivity contribution >= 4 is 5.97 Å². The maximum absolute atomic E-state index is 11.0. The molecular weight excluding hydrogens is 268 g/mol. The van der Waals surface area contributed by atoms with Gasteiger partial charge < -0.3 is 14.6 Å². The van der Waals surface area contributed by atoms with Crippen LogP contribution in [-0.2, 0) is 20.9 Å². The van der Waals surface area contributed by atoms with E-state index in [1.165, 1.54) is 13.2 Å². The first kappa shape index (κ1) is 17.4. The summed E-state index contributed by atoms with van der Waals surface area (Å²) in [6, 6.07) is 9.91. The van der Waals surface area contributed by atoms with E-state index in [0.29, 0.717) is 13.2 Å². The lowest BCUT2D eigenvalue weighted by Gasteiger charge is -2.22. The molecule has 0 saturated carbocycles. The zero-order valence-electron chi connectivity index (χ0n) is 12.9. The number of carbonyl (C=O) groups is 1. The molecule has 1 aromatic carbocycles. The number of hydrogen-bond donors (Lipinski definition) is 1. The van der Waals surface area contributed by atoms with Crippen molar-refractivity contribution in [1.82, 2.24) is 0 Å². The minimum absolute atomic E-state index is 0.0222. The third-order valence-electron chi connectivity index (χ3n) is 3.35. The third-order valence-corrected chi connectivity index (χ3v) is 3.35. The summed E-state index contributed by atoms with van der Waals surface area (Å²) < 4.78 is 10.1. The van der Waals surface area contributed by atoms with Crippen LogP contribution in [0.5, 0.6) is 0 Å². The van der Waals surface area contributed by atoms with Crippen molar-refractivity contribution in [2.75, 3.05) is 13.7 Å². The Bertz CT molecular complexity index is 441. The number of rotatable bonds is 8. The number of ether oxygens (including phenoxy) is 2. The summed E-state index contributed by atoms with van der Waals surface area (Å²) >= 11 is 0. The molecule has 4 heteroatoms. The summed E-state index contributed by atoms with van der Waals surface area (Å²) in [6.07, 6.45) is 2.43. The van der Waals surface area contributed by atoms with Crippen LogP contribution in [0.3, 0.4) is 0 Å². The maximum Gasteiger partial charge on any atom is 0.330 e. The largest absolute Gasteiger partial charge is 0.466 e. The lowest BCUT2D eigenvalue weighted by Crippen LogP contribution is -2.28. The number of aliphatic hydroxyl groups is 1. The number of aliphatic hydroxyl groups excluding tert-OH is 1. The first-order valence-corrected chi connectivity index (χ1v) is 7.10. The van der Waals surface area contributed by atoms with Crippen LogP contribution in [0.2, 0.25) is 0 Å². The summed E-state index contributed by atoms with van der Waals surface area (Å²) in [4.78, 5) is 11.0. The van der Waals surface area contributed by atoms with Crippen LogP contribution >= 0.6 is 0 Å². The van der Waals surface area contributed by atoms with Crippen LogP contribution in [0.4, 0.5) is 0 Å². The van der Waals surface area contributed by atoms with Gasteiger partial charge in [0.05, 0.1) is 26.4 Å². The predicted octanol–water partition coefficient (Wildman–Crippen LogP) is 2.57. The molecule has 0 radical (unpaired) electrons. The van der Waals surface area contributed by atoms with Gasteiger partial charge in [-0.05, 0) is 5.56 Å². The van der Waals surface area contributed by atoms with E-state index in [0.717, 1.165) is 5.56 Å². The average Bonchev–Trinajstić information content (AvgIpc) is 2.52. The summed E-state index contributed by atoms with van der Waals surface area (Å²) in [7, 11) is 1.33.